The minimum Gasteiger partial charge on any atom is -0.355 e. The highest BCUT2D eigenvalue weighted by Gasteiger charge is 2.14. The van der Waals surface area contributed by atoms with Crippen molar-refractivity contribution in [1.29, 1.82) is 5.26 Å². The fraction of sp³-hybridized carbons (Fsp3) is 0. The van der Waals surface area contributed by atoms with Crippen molar-refractivity contribution in [3.05, 3.63) is 66.1 Å². The molecule has 0 bridgehead atoms. The van der Waals surface area contributed by atoms with Crippen LogP contribution in [0.4, 0.5) is 5.69 Å². The summed E-state index contributed by atoms with van der Waals surface area (Å²) in [5.41, 5.74) is 2.02. The molecule has 22 heavy (non-hydrogen) atoms. The highest BCUT2D eigenvalue weighted by Crippen LogP contribution is 2.19. The number of benzene rings is 1. The Labute approximate surface area is 126 Å². The van der Waals surface area contributed by atoms with Gasteiger partial charge in [0.25, 0.3) is 5.91 Å². The van der Waals surface area contributed by atoms with Crippen LogP contribution in [0.25, 0.3) is 11.3 Å². The van der Waals surface area contributed by atoms with Crippen LogP contribution >= 0.6 is 0 Å². The first kappa shape index (κ1) is 13.5. The SMILES string of the molecule is N#Cc1ccc(NC(=O)c2cc(-c3cccnc3)on2)cc1. The average molecular weight is 290 g/mol. The molecule has 0 saturated carbocycles. The lowest BCUT2D eigenvalue weighted by Crippen LogP contribution is -2.12. The molecule has 6 heteroatoms. The number of anilines is 1. The highest BCUT2D eigenvalue weighted by atomic mass is 16.5. The Balaban J connectivity index is 1.75. The van der Waals surface area contributed by atoms with E-state index >= 15 is 0 Å². The van der Waals surface area contributed by atoms with Gasteiger partial charge in [-0.15, -0.1) is 0 Å². The number of nitriles is 1. The van der Waals surface area contributed by atoms with Gasteiger partial charge in [-0.25, -0.2) is 0 Å². The van der Waals surface area contributed by atoms with Crippen LogP contribution < -0.4 is 5.32 Å². The summed E-state index contributed by atoms with van der Waals surface area (Å²) in [6.07, 6.45) is 3.28. The van der Waals surface area contributed by atoms with Gasteiger partial charge in [0.2, 0.25) is 0 Å². The second-order valence-corrected chi connectivity index (χ2v) is 4.46. The average Bonchev–Trinajstić information content (AvgIpc) is 3.06. The summed E-state index contributed by atoms with van der Waals surface area (Å²) >= 11 is 0. The van der Waals surface area contributed by atoms with Gasteiger partial charge in [-0.3, -0.25) is 9.78 Å². The molecule has 6 nitrogen and oxygen atoms in total. The maximum atomic E-state index is 12.1. The Hall–Kier alpha value is -3.46. The van der Waals surface area contributed by atoms with Gasteiger partial charge < -0.3 is 9.84 Å². The van der Waals surface area contributed by atoms with Crippen LogP contribution in [0.5, 0.6) is 0 Å². The van der Waals surface area contributed by atoms with Crippen LogP contribution in [0.15, 0.2) is 59.4 Å². The second kappa shape index (κ2) is 5.89. The number of nitrogens with zero attached hydrogens (tertiary/aromatic N) is 3. The van der Waals surface area contributed by atoms with E-state index in [1.165, 1.54) is 0 Å². The van der Waals surface area contributed by atoms with Gasteiger partial charge in [-0.05, 0) is 36.4 Å². The summed E-state index contributed by atoms with van der Waals surface area (Å²) in [6, 6.07) is 13.7. The van der Waals surface area contributed by atoms with Crippen LogP contribution in [0.3, 0.4) is 0 Å². The summed E-state index contributed by atoms with van der Waals surface area (Å²) in [7, 11) is 0. The maximum absolute atomic E-state index is 12.1. The summed E-state index contributed by atoms with van der Waals surface area (Å²) in [6.45, 7) is 0. The highest BCUT2D eigenvalue weighted by molar-refractivity contribution is 6.03. The molecule has 3 aromatic rings. The molecule has 2 aromatic heterocycles. The van der Waals surface area contributed by atoms with Crippen molar-refractivity contribution in [2.45, 2.75) is 0 Å². The third-order valence-electron chi connectivity index (χ3n) is 2.96. The first-order valence-electron chi connectivity index (χ1n) is 6.45. The fourth-order valence-electron chi connectivity index (χ4n) is 1.85. The van der Waals surface area contributed by atoms with Crippen molar-refractivity contribution in [2.24, 2.45) is 0 Å². The number of rotatable bonds is 3. The molecular formula is C16H10N4O2. The molecule has 0 radical (unpaired) electrons. The maximum Gasteiger partial charge on any atom is 0.277 e. The van der Waals surface area contributed by atoms with Gasteiger partial charge in [0.15, 0.2) is 11.5 Å². The van der Waals surface area contributed by atoms with E-state index in [2.05, 4.69) is 15.5 Å². The van der Waals surface area contributed by atoms with Gasteiger partial charge in [0, 0.05) is 29.7 Å². The summed E-state index contributed by atoms with van der Waals surface area (Å²) in [5, 5.41) is 15.2. The molecular weight excluding hydrogens is 280 g/mol. The second-order valence-electron chi connectivity index (χ2n) is 4.46. The van der Waals surface area contributed by atoms with Crippen LogP contribution in [-0.4, -0.2) is 16.0 Å². The van der Waals surface area contributed by atoms with Crippen molar-refractivity contribution < 1.29 is 9.32 Å². The Morgan fingerprint density at radius 2 is 2.05 bits per heavy atom. The Kier molecular flexibility index (Phi) is 3.62. The molecule has 106 valence electrons. The van der Waals surface area contributed by atoms with E-state index in [-0.39, 0.29) is 11.6 Å². The van der Waals surface area contributed by atoms with Gasteiger partial charge in [-0.1, -0.05) is 5.16 Å². The topological polar surface area (TPSA) is 91.8 Å². The standard InChI is InChI=1S/C16H10N4O2/c17-9-11-3-5-13(6-4-11)19-16(21)14-8-15(22-20-14)12-2-1-7-18-10-12/h1-8,10H,(H,19,21). The molecule has 2 heterocycles. The molecule has 3 rings (SSSR count). The smallest absolute Gasteiger partial charge is 0.277 e. The molecule has 0 spiro atoms. The van der Waals surface area contributed by atoms with E-state index in [0.29, 0.717) is 17.0 Å². The van der Waals surface area contributed by atoms with Crippen molar-refractivity contribution >= 4 is 11.6 Å². The Bertz CT molecular complexity index is 833. The lowest BCUT2D eigenvalue weighted by molar-refractivity contribution is 0.101. The summed E-state index contributed by atoms with van der Waals surface area (Å²) in [5.74, 6) is 0.0849. The summed E-state index contributed by atoms with van der Waals surface area (Å²) < 4.78 is 5.15. The molecule has 0 aliphatic rings. The van der Waals surface area contributed by atoms with E-state index in [0.717, 1.165) is 5.56 Å². The van der Waals surface area contributed by atoms with Crippen LogP contribution in [0.1, 0.15) is 16.1 Å². The van der Waals surface area contributed by atoms with E-state index in [4.69, 9.17) is 9.78 Å². The first-order chi connectivity index (χ1) is 10.8. The Morgan fingerprint density at radius 1 is 1.23 bits per heavy atom. The number of hydrogen-bond acceptors (Lipinski definition) is 5. The van der Waals surface area contributed by atoms with Crippen LogP contribution in [0.2, 0.25) is 0 Å². The number of amides is 1. The number of pyridine rings is 1. The van der Waals surface area contributed by atoms with Crippen molar-refractivity contribution in [2.75, 3.05) is 5.32 Å². The zero-order chi connectivity index (χ0) is 15.4. The lowest BCUT2D eigenvalue weighted by atomic mass is 10.2. The predicted octanol–water partition coefficient (Wildman–Crippen LogP) is 2.86. The largest absolute Gasteiger partial charge is 0.355 e. The number of carbonyl (C=O) groups is 1. The molecule has 0 saturated heterocycles. The molecule has 0 atom stereocenters. The van der Waals surface area contributed by atoms with Gasteiger partial charge in [-0.2, -0.15) is 5.26 Å². The minimum atomic E-state index is -0.386. The zero-order valence-electron chi connectivity index (χ0n) is 11.4. The van der Waals surface area contributed by atoms with Gasteiger partial charge in [0.05, 0.1) is 11.6 Å². The van der Waals surface area contributed by atoms with Crippen LogP contribution in [0, 0.1) is 11.3 Å². The zero-order valence-corrected chi connectivity index (χ0v) is 11.4. The van der Waals surface area contributed by atoms with Gasteiger partial charge >= 0.3 is 0 Å². The van der Waals surface area contributed by atoms with Crippen molar-refractivity contribution in [3.8, 4) is 17.4 Å². The van der Waals surface area contributed by atoms with Crippen LogP contribution in [-0.2, 0) is 0 Å². The number of aromatic nitrogens is 2. The normalized spacial score (nSPS) is 9.95. The predicted molar refractivity (Wildman–Crippen MR) is 78.8 cm³/mol. The Morgan fingerprint density at radius 3 is 2.73 bits per heavy atom. The third-order valence-corrected chi connectivity index (χ3v) is 2.96. The van der Waals surface area contributed by atoms with E-state index in [1.54, 1.807) is 48.8 Å². The van der Waals surface area contributed by atoms with E-state index in [9.17, 15) is 4.79 Å². The molecule has 0 aliphatic carbocycles. The molecule has 1 amide bonds. The number of nitrogens with one attached hydrogen (secondary N) is 1. The first-order valence-corrected chi connectivity index (χ1v) is 6.45. The fourth-order valence-corrected chi connectivity index (χ4v) is 1.85. The minimum absolute atomic E-state index is 0.170. The molecule has 1 aromatic carbocycles. The van der Waals surface area contributed by atoms with Crippen molar-refractivity contribution in [1.82, 2.24) is 10.1 Å². The van der Waals surface area contributed by atoms with E-state index < -0.39 is 0 Å². The monoisotopic (exact) mass is 290 g/mol. The number of hydrogen-bond donors (Lipinski definition) is 1. The quantitative estimate of drug-likeness (QED) is 0.800. The third kappa shape index (κ3) is 2.83. The summed E-state index contributed by atoms with van der Waals surface area (Å²) in [4.78, 5) is 16.1. The molecule has 1 N–H and O–H groups in total. The van der Waals surface area contributed by atoms with Crippen molar-refractivity contribution in [3.63, 3.8) is 0 Å². The van der Waals surface area contributed by atoms with E-state index in [1.807, 2.05) is 12.1 Å². The molecule has 0 aliphatic heterocycles. The molecule has 0 unspecified atom stereocenters. The van der Waals surface area contributed by atoms with Gasteiger partial charge in [0.1, 0.15) is 0 Å². The lowest BCUT2D eigenvalue weighted by Gasteiger charge is -2.01. The number of carbonyl (C=O) groups excluding carboxylic acids is 1. The molecule has 0 fully saturated rings.